The number of hydrogen-bond acceptors (Lipinski definition) is 4. The van der Waals surface area contributed by atoms with Gasteiger partial charge in [-0.15, -0.1) is 0 Å². The molecule has 1 N–H and O–H groups in total. The van der Waals surface area contributed by atoms with Gasteiger partial charge in [-0.05, 0) is 35.9 Å². The van der Waals surface area contributed by atoms with Gasteiger partial charge in [0.15, 0.2) is 11.5 Å². The van der Waals surface area contributed by atoms with E-state index in [2.05, 4.69) is 9.97 Å². The van der Waals surface area contributed by atoms with E-state index in [1.165, 1.54) is 0 Å². The van der Waals surface area contributed by atoms with Crippen LogP contribution in [-0.2, 0) is 0 Å². The van der Waals surface area contributed by atoms with Gasteiger partial charge in [-0.3, -0.25) is 4.79 Å². The number of rotatable bonds is 2. The fourth-order valence-corrected chi connectivity index (χ4v) is 2.35. The quantitative estimate of drug-likeness (QED) is 0.789. The van der Waals surface area contributed by atoms with E-state index in [9.17, 15) is 4.79 Å². The van der Waals surface area contributed by atoms with E-state index >= 15 is 0 Å². The Labute approximate surface area is 125 Å². The molecule has 0 fully saturated rings. The zero-order valence-electron chi connectivity index (χ0n) is 11.6. The highest BCUT2D eigenvalue weighted by Crippen LogP contribution is 2.32. The van der Waals surface area contributed by atoms with Crippen molar-refractivity contribution in [2.24, 2.45) is 0 Å². The van der Waals surface area contributed by atoms with Crippen molar-refractivity contribution < 1.29 is 9.47 Å². The van der Waals surface area contributed by atoms with Crippen LogP contribution in [-0.4, -0.2) is 16.8 Å². The highest BCUT2D eigenvalue weighted by atomic mass is 16.7. The summed E-state index contributed by atoms with van der Waals surface area (Å²) in [7, 11) is 0. The first-order valence-corrected chi connectivity index (χ1v) is 6.86. The van der Waals surface area contributed by atoms with Gasteiger partial charge in [-0.2, -0.15) is 0 Å². The maximum Gasteiger partial charge on any atom is 0.274 e. The van der Waals surface area contributed by atoms with E-state index < -0.39 is 0 Å². The normalized spacial score (nSPS) is 13.1. The number of fused-ring (bicyclic) bond motifs is 2. The topological polar surface area (TPSA) is 64.2 Å². The SMILES string of the molecule is O=c1[nH]c2ccccc2nc1/C=C/c1ccc2c(c1)OCO2. The van der Waals surface area contributed by atoms with E-state index in [1.54, 1.807) is 6.08 Å². The second-order valence-corrected chi connectivity index (χ2v) is 4.91. The van der Waals surface area contributed by atoms with Crippen LogP contribution in [0.25, 0.3) is 23.2 Å². The largest absolute Gasteiger partial charge is 0.454 e. The lowest BCUT2D eigenvalue weighted by Crippen LogP contribution is -2.11. The molecule has 1 aliphatic heterocycles. The third-order valence-corrected chi connectivity index (χ3v) is 3.46. The van der Waals surface area contributed by atoms with Crippen molar-refractivity contribution in [2.45, 2.75) is 0 Å². The van der Waals surface area contributed by atoms with Gasteiger partial charge < -0.3 is 14.5 Å². The maximum absolute atomic E-state index is 12.0. The highest BCUT2D eigenvalue weighted by Gasteiger charge is 2.12. The molecule has 22 heavy (non-hydrogen) atoms. The predicted octanol–water partition coefficient (Wildman–Crippen LogP) is 2.82. The number of nitrogens with zero attached hydrogens (tertiary/aromatic N) is 1. The number of ether oxygens (including phenoxy) is 2. The summed E-state index contributed by atoms with van der Waals surface area (Å²) in [4.78, 5) is 19.2. The summed E-state index contributed by atoms with van der Waals surface area (Å²) in [5.41, 5.74) is 2.56. The van der Waals surface area contributed by atoms with Crippen LogP contribution in [0.2, 0.25) is 0 Å². The summed E-state index contributed by atoms with van der Waals surface area (Å²) in [5, 5.41) is 0. The Morgan fingerprint density at radius 3 is 2.86 bits per heavy atom. The van der Waals surface area contributed by atoms with Crippen LogP contribution in [0.1, 0.15) is 11.3 Å². The van der Waals surface area contributed by atoms with E-state index in [0.717, 1.165) is 22.3 Å². The van der Waals surface area contributed by atoms with Gasteiger partial charge in [0, 0.05) is 0 Å². The molecule has 0 saturated heterocycles. The minimum absolute atomic E-state index is 0.212. The molecule has 108 valence electrons. The van der Waals surface area contributed by atoms with Gasteiger partial charge in [0.2, 0.25) is 6.79 Å². The summed E-state index contributed by atoms with van der Waals surface area (Å²) in [5.74, 6) is 1.45. The lowest BCUT2D eigenvalue weighted by molar-refractivity contribution is 0.174. The van der Waals surface area contributed by atoms with Crippen LogP contribution in [0.4, 0.5) is 0 Å². The van der Waals surface area contributed by atoms with Crippen LogP contribution in [0.3, 0.4) is 0 Å². The molecule has 2 heterocycles. The first-order valence-electron chi connectivity index (χ1n) is 6.86. The van der Waals surface area contributed by atoms with Crippen molar-refractivity contribution in [2.75, 3.05) is 6.79 Å². The summed E-state index contributed by atoms with van der Waals surface area (Å²) in [6, 6.07) is 13.1. The zero-order chi connectivity index (χ0) is 14.9. The third kappa shape index (κ3) is 2.22. The molecule has 5 nitrogen and oxygen atoms in total. The number of aromatic nitrogens is 2. The van der Waals surface area contributed by atoms with Crippen molar-refractivity contribution in [3.05, 3.63) is 64.1 Å². The van der Waals surface area contributed by atoms with Gasteiger partial charge in [-0.25, -0.2) is 4.98 Å². The monoisotopic (exact) mass is 292 g/mol. The third-order valence-electron chi connectivity index (χ3n) is 3.46. The number of hydrogen-bond donors (Lipinski definition) is 1. The number of para-hydroxylation sites is 2. The van der Waals surface area contributed by atoms with Crippen LogP contribution in [0.5, 0.6) is 11.5 Å². The molecule has 0 spiro atoms. The van der Waals surface area contributed by atoms with E-state index in [4.69, 9.17) is 9.47 Å². The number of aromatic amines is 1. The smallest absolute Gasteiger partial charge is 0.274 e. The summed E-state index contributed by atoms with van der Waals surface area (Å²) >= 11 is 0. The van der Waals surface area contributed by atoms with Gasteiger partial charge in [0.05, 0.1) is 11.0 Å². The van der Waals surface area contributed by atoms with Crippen molar-refractivity contribution in [3.63, 3.8) is 0 Å². The van der Waals surface area contributed by atoms with Gasteiger partial charge in [-0.1, -0.05) is 24.3 Å². The van der Waals surface area contributed by atoms with E-state index in [-0.39, 0.29) is 12.4 Å². The Morgan fingerprint density at radius 2 is 1.91 bits per heavy atom. The Balaban J connectivity index is 1.71. The van der Waals surface area contributed by atoms with Crippen LogP contribution >= 0.6 is 0 Å². The molecule has 5 heteroatoms. The summed E-state index contributed by atoms with van der Waals surface area (Å²) in [6.45, 7) is 0.244. The lowest BCUT2D eigenvalue weighted by atomic mass is 10.2. The van der Waals surface area contributed by atoms with Gasteiger partial charge >= 0.3 is 0 Å². The highest BCUT2D eigenvalue weighted by molar-refractivity contribution is 5.76. The average Bonchev–Trinajstić information content (AvgIpc) is 3.00. The molecule has 1 aromatic heterocycles. The molecule has 0 unspecified atom stereocenters. The molecule has 0 aliphatic carbocycles. The molecular weight excluding hydrogens is 280 g/mol. The molecule has 2 aromatic carbocycles. The molecule has 3 aromatic rings. The van der Waals surface area contributed by atoms with Crippen LogP contribution in [0, 0.1) is 0 Å². The fraction of sp³-hybridized carbons (Fsp3) is 0.0588. The Morgan fingerprint density at radius 1 is 1.05 bits per heavy atom. The van der Waals surface area contributed by atoms with Gasteiger partial charge in [0.1, 0.15) is 5.69 Å². The Hall–Kier alpha value is -3.08. The molecule has 0 radical (unpaired) electrons. The second kappa shape index (κ2) is 5.04. The minimum Gasteiger partial charge on any atom is -0.454 e. The first kappa shape index (κ1) is 12.6. The number of nitrogens with one attached hydrogen (secondary N) is 1. The van der Waals surface area contributed by atoms with E-state index in [1.807, 2.05) is 48.5 Å². The Kier molecular flexibility index (Phi) is 2.89. The predicted molar refractivity (Wildman–Crippen MR) is 83.9 cm³/mol. The van der Waals surface area contributed by atoms with Gasteiger partial charge in [0.25, 0.3) is 5.56 Å². The summed E-state index contributed by atoms with van der Waals surface area (Å²) < 4.78 is 10.6. The molecule has 4 rings (SSSR count). The molecule has 0 saturated carbocycles. The van der Waals surface area contributed by atoms with Crippen LogP contribution in [0.15, 0.2) is 47.3 Å². The zero-order valence-corrected chi connectivity index (χ0v) is 11.6. The lowest BCUT2D eigenvalue weighted by Gasteiger charge is -1.99. The molecule has 0 bridgehead atoms. The van der Waals surface area contributed by atoms with E-state index in [0.29, 0.717) is 11.4 Å². The summed E-state index contributed by atoms with van der Waals surface area (Å²) in [6.07, 6.45) is 3.52. The molecule has 1 aliphatic rings. The molecular formula is C17H12N2O3. The van der Waals surface area contributed by atoms with Crippen molar-refractivity contribution in [1.29, 1.82) is 0 Å². The average molecular weight is 292 g/mol. The number of H-pyrrole nitrogens is 1. The van der Waals surface area contributed by atoms with Crippen molar-refractivity contribution >= 4 is 23.2 Å². The number of benzene rings is 2. The maximum atomic E-state index is 12.0. The molecule has 0 atom stereocenters. The van der Waals surface area contributed by atoms with Crippen molar-refractivity contribution in [3.8, 4) is 11.5 Å². The molecule has 0 amide bonds. The first-order chi connectivity index (χ1) is 10.8. The Bertz CT molecular complexity index is 944. The minimum atomic E-state index is -0.212. The van der Waals surface area contributed by atoms with Crippen molar-refractivity contribution in [1.82, 2.24) is 9.97 Å². The fourth-order valence-electron chi connectivity index (χ4n) is 2.35. The standard InChI is InChI=1S/C17H12N2O3/c20-17-14(18-12-3-1-2-4-13(12)19-17)7-5-11-6-8-15-16(9-11)22-10-21-15/h1-9H,10H2,(H,19,20)/b7-5+. The second-order valence-electron chi connectivity index (χ2n) is 4.91. The van der Waals surface area contributed by atoms with Crippen LogP contribution < -0.4 is 15.0 Å².